The third-order valence-electron chi connectivity index (χ3n) is 4.71. The summed E-state index contributed by atoms with van der Waals surface area (Å²) in [5.41, 5.74) is 1.31. The lowest BCUT2D eigenvalue weighted by Crippen LogP contribution is -2.43. The van der Waals surface area contributed by atoms with Gasteiger partial charge in [0.1, 0.15) is 18.1 Å². The number of aryl methyl sites for hydroxylation is 1. The molecule has 2 aromatic carbocycles. The molecule has 1 unspecified atom stereocenters. The van der Waals surface area contributed by atoms with Crippen LogP contribution in [-0.4, -0.2) is 46.4 Å². The Balaban J connectivity index is 1.81. The highest BCUT2D eigenvalue weighted by Gasteiger charge is 2.27. The van der Waals surface area contributed by atoms with Gasteiger partial charge in [-0.3, -0.25) is 14.3 Å². The summed E-state index contributed by atoms with van der Waals surface area (Å²) >= 11 is 6.63. The average Bonchev–Trinajstić information content (AvgIpc) is 2.73. The highest BCUT2D eigenvalue weighted by atomic mass is 35.5. The molecular formula is C20H22ClN3O6S2. The fourth-order valence-electron chi connectivity index (χ4n) is 3.29. The molecular weight excluding hydrogens is 478 g/mol. The Kier molecular flexibility index (Phi) is 7.55. The number of carbonyl (C=O) groups excluding carboxylic acids is 2. The second-order valence-electron chi connectivity index (χ2n) is 6.95. The predicted molar refractivity (Wildman–Crippen MR) is 122 cm³/mol. The first-order chi connectivity index (χ1) is 15.1. The molecule has 1 atom stereocenters. The molecule has 12 heteroatoms. The number of methoxy groups -OCH3 is 1. The van der Waals surface area contributed by atoms with Crippen molar-refractivity contribution in [2.45, 2.75) is 24.3 Å². The van der Waals surface area contributed by atoms with Crippen LogP contribution in [0.1, 0.15) is 21.5 Å². The summed E-state index contributed by atoms with van der Waals surface area (Å²) in [6, 6.07) is 7.39. The molecule has 1 aliphatic heterocycles. The molecule has 2 aromatic rings. The monoisotopic (exact) mass is 499 g/mol. The summed E-state index contributed by atoms with van der Waals surface area (Å²) in [6.07, 6.45) is 0.339. The number of hydrogen-bond acceptors (Lipinski definition) is 8. The molecule has 3 rings (SSSR count). The number of benzene rings is 2. The van der Waals surface area contributed by atoms with E-state index in [4.69, 9.17) is 21.1 Å². The van der Waals surface area contributed by atoms with E-state index in [9.17, 15) is 18.0 Å². The maximum atomic E-state index is 12.8. The highest BCUT2D eigenvalue weighted by Crippen LogP contribution is 2.31. The first-order valence-electron chi connectivity index (χ1n) is 9.45. The van der Waals surface area contributed by atoms with Crippen LogP contribution in [0, 0.1) is 6.92 Å². The summed E-state index contributed by atoms with van der Waals surface area (Å²) in [7, 11) is -1.12. The number of fused-ring (bicyclic) bond motifs is 1. The Labute approximate surface area is 195 Å². The van der Waals surface area contributed by atoms with E-state index in [-0.39, 0.29) is 17.1 Å². The van der Waals surface area contributed by atoms with Gasteiger partial charge in [0.15, 0.2) is 0 Å². The van der Waals surface area contributed by atoms with Gasteiger partial charge in [-0.25, -0.2) is 13.1 Å². The zero-order valence-corrected chi connectivity index (χ0v) is 19.9. The number of ether oxygens (including phenoxy) is 2. The third-order valence-corrected chi connectivity index (χ3v) is 7.04. The zero-order valence-electron chi connectivity index (χ0n) is 17.5. The minimum Gasteiger partial charge on any atom is -0.496 e. The highest BCUT2D eigenvalue weighted by molar-refractivity contribution is 8.13. The fraction of sp³-hybridized carbons (Fsp3) is 0.300. The lowest BCUT2D eigenvalue weighted by molar-refractivity contribution is 0.0912. The largest absolute Gasteiger partial charge is 0.496 e. The molecule has 0 saturated carbocycles. The molecule has 0 aliphatic carbocycles. The minimum absolute atomic E-state index is 0.0339. The summed E-state index contributed by atoms with van der Waals surface area (Å²) in [5, 5.41) is 2.51. The first-order valence-corrected chi connectivity index (χ1v) is 12.1. The SMILES string of the molecule is CNSC(=O)NS(=O)(=O)c1cc2c(cc1C)OCC(NC(=O)c1cc(Cl)ccc1OC)C2. The van der Waals surface area contributed by atoms with Crippen molar-refractivity contribution in [3.05, 3.63) is 52.0 Å². The molecule has 9 nitrogen and oxygen atoms in total. The fourth-order valence-corrected chi connectivity index (χ4v) is 5.26. The van der Waals surface area contributed by atoms with E-state index in [1.165, 1.54) is 26.3 Å². The van der Waals surface area contributed by atoms with Crippen LogP contribution < -0.4 is 24.2 Å². The van der Waals surface area contributed by atoms with Crippen molar-refractivity contribution in [1.29, 1.82) is 0 Å². The first kappa shape index (κ1) is 24.2. The number of hydrogen-bond donors (Lipinski definition) is 3. The number of carbonyl (C=O) groups is 2. The van der Waals surface area contributed by atoms with Crippen molar-refractivity contribution in [1.82, 2.24) is 14.8 Å². The maximum absolute atomic E-state index is 12.8. The van der Waals surface area contributed by atoms with E-state index >= 15 is 0 Å². The summed E-state index contributed by atoms with van der Waals surface area (Å²) in [4.78, 5) is 24.5. The second-order valence-corrected chi connectivity index (χ2v) is 10.0. The Morgan fingerprint density at radius 1 is 1.25 bits per heavy atom. The Morgan fingerprint density at radius 3 is 2.69 bits per heavy atom. The summed E-state index contributed by atoms with van der Waals surface area (Å²) in [5.74, 6) is 0.518. The third kappa shape index (κ3) is 5.47. The summed E-state index contributed by atoms with van der Waals surface area (Å²) < 4.78 is 40.8. The Bertz CT molecular complexity index is 1160. The quantitative estimate of drug-likeness (QED) is 0.518. The molecule has 172 valence electrons. The van der Waals surface area contributed by atoms with Crippen LogP contribution in [0.2, 0.25) is 5.02 Å². The topological polar surface area (TPSA) is 123 Å². The molecule has 0 saturated heterocycles. The van der Waals surface area contributed by atoms with Gasteiger partial charge in [-0.05, 0) is 61.9 Å². The van der Waals surface area contributed by atoms with E-state index in [1.54, 1.807) is 25.1 Å². The molecule has 0 radical (unpaired) electrons. The van der Waals surface area contributed by atoms with Crippen molar-refractivity contribution < 1.29 is 27.5 Å². The Morgan fingerprint density at radius 2 is 2.00 bits per heavy atom. The average molecular weight is 500 g/mol. The van der Waals surface area contributed by atoms with Crippen molar-refractivity contribution in [3.8, 4) is 11.5 Å². The van der Waals surface area contributed by atoms with Gasteiger partial charge in [-0.2, -0.15) is 0 Å². The minimum atomic E-state index is -4.08. The zero-order chi connectivity index (χ0) is 23.5. The lowest BCUT2D eigenvalue weighted by Gasteiger charge is -2.27. The standard InChI is InChI=1S/C20H22ClN3O6S2/c1-11-6-17-12(8-18(11)32(27,28)24-20(26)31-22-2)7-14(10-30-17)23-19(25)15-9-13(21)4-5-16(15)29-3/h4-6,8-9,14,22H,7,10H2,1-3H3,(H,23,25)(H,24,26). The van der Waals surface area contributed by atoms with Gasteiger partial charge < -0.3 is 14.8 Å². The predicted octanol–water partition coefficient (Wildman–Crippen LogP) is 2.66. The van der Waals surface area contributed by atoms with Gasteiger partial charge in [0.25, 0.3) is 15.9 Å². The summed E-state index contributed by atoms with van der Waals surface area (Å²) in [6.45, 7) is 1.83. The molecule has 1 heterocycles. The lowest BCUT2D eigenvalue weighted by atomic mass is 10.0. The normalized spacial score (nSPS) is 15.3. The molecule has 1 aliphatic rings. The van der Waals surface area contributed by atoms with Gasteiger partial charge in [0.2, 0.25) is 0 Å². The maximum Gasteiger partial charge on any atom is 0.307 e. The molecule has 0 bridgehead atoms. The van der Waals surface area contributed by atoms with Crippen LogP contribution in [0.5, 0.6) is 11.5 Å². The van der Waals surface area contributed by atoms with Gasteiger partial charge in [0.05, 0.1) is 23.6 Å². The number of rotatable bonds is 6. The smallest absolute Gasteiger partial charge is 0.307 e. The molecule has 2 amide bonds. The van der Waals surface area contributed by atoms with Gasteiger partial charge in [-0.1, -0.05) is 11.6 Å². The molecule has 0 fully saturated rings. The van der Waals surface area contributed by atoms with Crippen LogP contribution in [0.3, 0.4) is 0 Å². The van der Waals surface area contributed by atoms with E-state index < -0.39 is 27.2 Å². The Hall–Kier alpha value is -2.47. The van der Waals surface area contributed by atoms with E-state index in [2.05, 4.69) is 10.0 Å². The van der Waals surface area contributed by atoms with Gasteiger partial charge >= 0.3 is 5.24 Å². The van der Waals surface area contributed by atoms with Crippen molar-refractivity contribution in [2.75, 3.05) is 20.8 Å². The van der Waals surface area contributed by atoms with E-state index in [0.717, 1.165) is 0 Å². The van der Waals surface area contributed by atoms with Crippen LogP contribution in [-0.2, 0) is 16.4 Å². The van der Waals surface area contributed by atoms with Crippen LogP contribution in [0.25, 0.3) is 0 Å². The van der Waals surface area contributed by atoms with Crippen molar-refractivity contribution in [3.63, 3.8) is 0 Å². The van der Waals surface area contributed by atoms with Crippen molar-refractivity contribution >= 4 is 44.7 Å². The number of halogens is 1. The van der Waals surface area contributed by atoms with Crippen LogP contribution >= 0.6 is 23.5 Å². The molecule has 32 heavy (non-hydrogen) atoms. The number of sulfonamides is 1. The van der Waals surface area contributed by atoms with Crippen molar-refractivity contribution in [2.24, 2.45) is 0 Å². The van der Waals surface area contributed by atoms with E-state index in [1.807, 2.05) is 4.72 Å². The number of amides is 2. The van der Waals surface area contributed by atoms with Gasteiger partial charge in [-0.15, -0.1) is 0 Å². The second kappa shape index (κ2) is 9.99. The van der Waals surface area contributed by atoms with Gasteiger partial charge in [0, 0.05) is 17.0 Å². The molecule has 0 aromatic heterocycles. The number of nitrogens with one attached hydrogen (secondary N) is 3. The molecule has 0 spiro atoms. The van der Waals surface area contributed by atoms with Crippen LogP contribution in [0.15, 0.2) is 35.2 Å². The molecule has 3 N–H and O–H groups in total. The van der Waals surface area contributed by atoms with E-state index in [0.29, 0.717) is 46.0 Å². The van der Waals surface area contributed by atoms with Crippen LogP contribution in [0.4, 0.5) is 4.79 Å².